The summed E-state index contributed by atoms with van der Waals surface area (Å²) in [6.45, 7) is 3.93. The van der Waals surface area contributed by atoms with Gasteiger partial charge in [-0.05, 0) is 32.3 Å². The van der Waals surface area contributed by atoms with E-state index in [0.717, 1.165) is 31.9 Å². The van der Waals surface area contributed by atoms with Gasteiger partial charge < -0.3 is 25.4 Å². The monoisotopic (exact) mass is 379 g/mol. The second kappa shape index (κ2) is 12.6. The van der Waals surface area contributed by atoms with Gasteiger partial charge in [0.1, 0.15) is 17.9 Å². The highest BCUT2D eigenvalue weighted by Crippen LogP contribution is 2.24. The fourth-order valence-corrected chi connectivity index (χ4v) is 3.20. The standard InChI is InChI=1S/C18H27NO2.C3H6O3/c1-14(18(21)16-10-6-3-7-11-16)19-13-12-17(20)15-8-4-2-5-9-15;1-2(4)3(5)6/h3,6-7,10-11,14-15,18-19,21H,2,4-5,8-9,12-13H2,1H3;2,4H,1H3,(H,5,6). The molecule has 3 atom stereocenters. The number of hydrogen-bond acceptors (Lipinski definition) is 5. The van der Waals surface area contributed by atoms with Crippen LogP contribution in [-0.2, 0) is 9.59 Å². The van der Waals surface area contributed by atoms with Crippen molar-refractivity contribution in [2.24, 2.45) is 5.92 Å². The maximum absolute atomic E-state index is 12.1. The van der Waals surface area contributed by atoms with E-state index in [0.29, 0.717) is 18.1 Å². The maximum Gasteiger partial charge on any atom is 0.141 e. The molecule has 4 N–H and O–H groups in total. The molecule has 2 rings (SSSR count). The Morgan fingerprint density at radius 3 is 2.19 bits per heavy atom. The van der Waals surface area contributed by atoms with E-state index in [9.17, 15) is 19.8 Å². The molecule has 1 aliphatic carbocycles. The minimum absolute atomic E-state index is 0.0755. The molecule has 1 fully saturated rings. The van der Waals surface area contributed by atoms with Gasteiger partial charge >= 0.3 is 0 Å². The van der Waals surface area contributed by atoms with Gasteiger partial charge in [-0.1, -0.05) is 49.6 Å². The van der Waals surface area contributed by atoms with Crippen molar-refractivity contribution < 1.29 is 30.2 Å². The number of aliphatic hydroxyl groups is 2. The molecule has 27 heavy (non-hydrogen) atoms. The van der Waals surface area contributed by atoms with Crippen LogP contribution in [0.3, 0.4) is 0 Å². The third kappa shape index (κ3) is 9.13. The number of carboxylic acids is 1. The number of carboxylic acid groups (broad SMARTS) is 1. The summed E-state index contributed by atoms with van der Waals surface area (Å²) in [7, 11) is 0. The molecule has 6 nitrogen and oxygen atoms in total. The van der Waals surface area contributed by atoms with E-state index in [1.165, 1.54) is 19.3 Å². The third-order valence-electron chi connectivity index (χ3n) is 4.97. The molecule has 0 aromatic heterocycles. The van der Waals surface area contributed by atoms with Gasteiger partial charge in [0, 0.05) is 5.92 Å². The second-order valence-corrected chi connectivity index (χ2v) is 7.29. The predicted molar refractivity (Wildman–Crippen MR) is 101 cm³/mol. The molecule has 0 aliphatic heterocycles. The van der Waals surface area contributed by atoms with Crippen molar-refractivity contribution in [2.75, 3.05) is 6.54 Å². The normalized spacial score (nSPS) is 17.9. The zero-order chi connectivity index (χ0) is 20.2. The molecule has 0 amide bonds. The lowest BCUT2D eigenvalue weighted by Gasteiger charge is -2.21. The Morgan fingerprint density at radius 2 is 1.67 bits per heavy atom. The molecule has 0 spiro atoms. The van der Waals surface area contributed by atoms with Crippen LogP contribution >= 0.6 is 0 Å². The Labute approximate surface area is 161 Å². The molecule has 152 valence electrons. The molecule has 0 radical (unpaired) electrons. The van der Waals surface area contributed by atoms with Crippen molar-refractivity contribution in [1.29, 1.82) is 0 Å². The minimum atomic E-state index is -1.44. The summed E-state index contributed by atoms with van der Waals surface area (Å²) in [5, 5.41) is 29.7. The van der Waals surface area contributed by atoms with Crippen LogP contribution in [0, 0.1) is 5.92 Å². The van der Waals surface area contributed by atoms with Crippen LogP contribution < -0.4 is 10.4 Å². The fraction of sp³-hybridized carbons (Fsp3) is 0.619. The number of carbonyl (C=O) groups excluding carboxylic acids is 2. The number of aliphatic hydroxyl groups excluding tert-OH is 2. The van der Waals surface area contributed by atoms with E-state index in [2.05, 4.69) is 5.32 Å². The van der Waals surface area contributed by atoms with Crippen LogP contribution in [0.25, 0.3) is 0 Å². The first-order valence-electron chi connectivity index (χ1n) is 9.81. The Morgan fingerprint density at radius 1 is 1.11 bits per heavy atom. The number of carbonyl (C=O) groups is 2. The number of nitrogens with two attached hydrogens (primary N) is 1. The second-order valence-electron chi connectivity index (χ2n) is 7.29. The van der Waals surface area contributed by atoms with E-state index in [4.69, 9.17) is 5.11 Å². The highest BCUT2D eigenvalue weighted by atomic mass is 16.4. The van der Waals surface area contributed by atoms with Crippen LogP contribution in [0.1, 0.15) is 64.0 Å². The smallest absolute Gasteiger partial charge is 0.141 e. The van der Waals surface area contributed by atoms with Gasteiger partial charge in [0.25, 0.3) is 0 Å². The number of aliphatic carboxylic acids is 1. The van der Waals surface area contributed by atoms with Gasteiger partial charge in [-0.2, -0.15) is 0 Å². The Bertz CT molecular complexity index is 555. The topological polar surface area (TPSA) is 114 Å². The first-order valence-corrected chi connectivity index (χ1v) is 9.81. The summed E-state index contributed by atoms with van der Waals surface area (Å²) < 4.78 is 0. The first-order chi connectivity index (χ1) is 12.8. The van der Waals surface area contributed by atoms with Crippen molar-refractivity contribution >= 4 is 11.8 Å². The lowest BCUT2D eigenvalue weighted by atomic mass is 9.85. The fourth-order valence-electron chi connectivity index (χ4n) is 3.20. The Balaban J connectivity index is 0.000000527. The largest absolute Gasteiger partial charge is 0.547 e. The zero-order valence-electron chi connectivity index (χ0n) is 16.3. The molecule has 0 bridgehead atoms. The lowest BCUT2D eigenvalue weighted by Crippen LogP contribution is -2.90. The SMILES string of the molecule is CC(O)C(=O)[O-].CC([NH2+]CCC(=O)C1CCCCC1)C(O)c1ccccc1. The van der Waals surface area contributed by atoms with Gasteiger partial charge in [-0.25, -0.2) is 0 Å². The minimum Gasteiger partial charge on any atom is -0.547 e. The Hall–Kier alpha value is -1.76. The molecular weight excluding hydrogens is 346 g/mol. The summed E-state index contributed by atoms with van der Waals surface area (Å²) in [5.74, 6) is -0.705. The molecule has 1 aromatic carbocycles. The quantitative estimate of drug-likeness (QED) is 0.602. The van der Waals surface area contributed by atoms with Gasteiger partial charge in [-0.3, -0.25) is 4.79 Å². The van der Waals surface area contributed by atoms with E-state index in [1.54, 1.807) is 0 Å². The highest BCUT2D eigenvalue weighted by Gasteiger charge is 2.23. The van der Waals surface area contributed by atoms with Crippen molar-refractivity contribution in [1.82, 2.24) is 0 Å². The van der Waals surface area contributed by atoms with Crippen LogP contribution in [0.15, 0.2) is 30.3 Å². The van der Waals surface area contributed by atoms with Crippen molar-refractivity contribution in [3.05, 3.63) is 35.9 Å². The third-order valence-corrected chi connectivity index (χ3v) is 4.97. The zero-order valence-corrected chi connectivity index (χ0v) is 16.3. The van der Waals surface area contributed by atoms with E-state index >= 15 is 0 Å². The molecule has 0 saturated heterocycles. The number of benzene rings is 1. The molecule has 6 heteroatoms. The molecule has 1 aliphatic rings. The van der Waals surface area contributed by atoms with Gasteiger partial charge in [0.05, 0.1) is 25.0 Å². The average molecular weight is 379 g/mol. The van der Waals surface area contributed by atoms with Crippen LogP contribution in [0.2, 0.25) is 0 Å². The van der Waals surface area contributed by atoms with Crippen molar-refractivity contribution in [3.8, 4) is 0 Å². The molecule has 1 aromatic rings. The number of quaternary nitrogens is 1. The molecule has 3 unspecified atom stereocenters. The number of hydrogen-bond donors (Lipinski definition) is 3. The van der Waals surface area contributed by atoms with E-state index in [-0.39, 0.29) is 6.04 Å². The summed E-state index contributed by atoms with van der Waals surface area (Å²) >= 11 is 0. The van der Waals surface area contributed by atoms with Crippen LogP contribution in [0.4, 0.5) is 0 Å². The predicted octanol–water partition coefficient (Wildman–Crippen LogP) is 0.329. The summed E-state index contributed by atoms with van der Waals surface area (Å²) in [4.78, 5) is 21.5. The van der Waals surface area contributed by atoms with Gasteiger partial charge in [0.2, 0.25) is 0 Å². The van der Waals surface area contributed by atoms with Crippen molar-refractivity contribution in [2.45, 2.75) is 70.6 Å². The van der Waals surface area contributed by atoms with E-state index in [1.807, 2.05) is 37.3 Å². The summed E-state index contributed by atoms with van der Waals surface area (Å²) in [6.07, 6.45) is 4.70. The van der Waals surface area contributed by atoms with Crippen LogP contribution in [-0.4, -0.2) is 40.7 Å². The van der Waals surface area contributed by atoms with Crippen molar-refractivity contribution in [3.63, 3.8) is 0 Å². The summed E-state index contributed by atoms with van der Waals surface area (Å²) in [6, 6.07) is 9.81. The lowest BCUT2D eigenvalue weighted by molar-refractivity contribution is -0.693. The summed E-state index contributed by atoms with van der Waals surface area (Å²) in [5.41, 5.74) is 0.944. The molecule has 1 saturated carbocycles. The maximum atomic E-state index is 12.1. The van der Waals surface area contributed by atoms with Gasteiger partial charge in [0.15, 0.2) is 0 Å². The van der Waals surface area contributed by atoms with E-state index < -0.39 is 18.2 Å². The number of ketones is 1. The molecule has 0 heterocycles. The Kier molecular flexibility index (Phi) is 10.9. The van der Waals surface area contributed by atoms with Gasteiger partial charge in [-0.15, -0.1) is 0 Å². The highest BCUT2D eigenvalue weighted by molar-refractivity contribution is 5.81. The molecular formula is C21H33NO5. The number of rotatable bonds is 8. The number of Topliss-reactive ketones (excluding diaryl/α,β-unsaturated/α-hetero) is 1. The first kappa shape index (κ1) is 23.3. The average Bonchev–Trinajstić information content (AvgIpc) is 2.69. The van der Waals surface area contributed by atoms with Crippen LogP contribution in [0.5, 0.6) is 0 Å².